The molecule has 0 aromatic carbocycles. The highest BCUT2D eigenvalue weighted by molar-refractivity contribution is 7.45. The number of carbonyl (C=O) groups excluding carboxylic acids is 1. The Morgan fingerprint density at radius 1 is 1.27 bits per heavy atom. The van der Waals surface area contributed by atoms with Crippen LogP contribution in [0.3, 0.4) is 0 Å². The van der Waals surface area contributed by atoms with Crippen LogP contribution in [0.15, 0.2) is 0 Å². The van der Waals surface area contributed by atoms with Gasteiger partial charge in [-0.1, -0.05) is 19.8 Å². The van der Waals surface area contributed by atoms with Gasteiger partial charge >= 0.3 is 0 Å². The van der Waals surface area contributed by atoms with Gasteiger partial charge in [0.05, 0.1) is 26.4 Å². The number of hydrogen-bond donors (Lipinski definition) is 3. The van der Waals surface area contributed by atoms with Crippen molar-refractivity contribution in [1.29, 1.82) is 0 Å². The molecule has 11 heteroatoms. The zero-order valence-corrected chi connectivity index (χ0v) is 16.4. The van der Waals surface area contributed by atoms with Crippen molar-refractivity contribution in [3.63, 3.8) is 0 Å². The Labute approximate surface area is 154 Å². The zero-order chi connectivity index (χ0) is 19.8. The summed E-state index contributed by atoms with van der Waals surface area (Å²) in [5.74, 6) is -0.180. The lowest BCUT2D eigenvalue weighted by Gasteiger charge is -2.27. The zero-order valence-electron chi connectivity index (χ0n) is 15.6. The molecule has 3 unspecified atom stereocenters. The summed E-state index contributed by atoms with van der Waals surface area (Å²) in [5.41, 5.74) is 5.18. The molecule has 1 amide bonds. The summed E-state index contributed by atoms with van der Waals surface area (Å²) in [5, 5.41) is 12.5. The van der Waals surface area contributed by atoms with E-state index in [1.165, 1.54) is 6.92 Å². The van der Waals surface area contributed by atoms with Gasteiger partial charge in [0, 0.05) is 20.0 Å². The second kappa shape index (κ2) is 15.5. The van der Waals surface area contributed by atoms with Crippen molar-refractivity contribution in [2.45, 2.75) is 51.9 Å². The van der Waals surface area contributed by atoms with Crippen LogP contribution in [0.2, 0.25) is 0 Å². The topological polar surface area (TPSA) is 152 Å². The third-order valence-corrected chi connectivity index (χ3v) is 4.08. The summed E-state index contributed by atoms with van der Waals surface area (Å²) in [7, 11) is -4.49. The highest BCUT2D eigenvalue weighted by atomic mass is 31.2. The molecule has 156 valence electrons. The maximum Gasteiger partial charge on any atom is 0.268 e. The summed E-state index contributed by atoms with van der Waals surface area (Å²) < 4.78 is 31.6. The molecule has 0 fully saturated rings. The Morgan fingerprint density at radius 2 is 2.00 bits per heavy atom. The van der Waals surface area contributed by atoms with E-state index in [0.717, 1.165) is 19.3 Å². The van der Waals surface area contributed by atoms with Crippen LogP contribution in [0.5, 0.6) is 0 Å². The fourth-order valence-electron chi connectivity index (χ4n) is 1.88. The van der Waals surface area contributed by atoms with Crippen LogP contribution in [-0.4, -0.2) is 62.9 Å². The van der Waals surface area contributed by atoms with E-state index >= 15 is 0 Å². The minimum absolute atomic E-state index is 0.0126. The van der Waals surface area contributed by atoms with E-state index < -0.39 is 20.2 Å². The predicted octanol–water partition coefficient (Wildman–Crippen LogP) is -0.117. The quantitative estimate of drug-likeness (QED) is 0.173. The number of phosphoric ester groups is 1. The summed E-state index contributed by atoms with van der Waals surface area (Å²) in [6.07, 6.45) is 1.31. The Kier molecular flexibility index (Phi) is 15.1. The Hall–Kier alpha value is -0.580. The predicted molar refractivity (Wildman–Crippen MR) is 93.1 cm³/mol. The lowest BCUT2D eigenvalue weighted by molar-refractivity contribution is -0.232. The molecular weight excluding hydrogens is 367 g/mol. The molecule has 0 spiro atoms. The van der Waals surface area contributed by atoms with E-state index in [4.69, 9.17) is 19.7 Å². The van der Waals surface area contributed by atoms with Gasteiger partial charge < -0.3 is 39.6 Å². The second-order valence-electron chi connectivity index (χ2n) is 5.63. The molecule has 0 radical (unpaired) electrons. The van der Waals surface area contributed by atoms with E-state index in [2.05, 4.69) is 9.84 Å². The van der Waals surface area contributed by atoms with Crippen LogP contribution in [-0.2, 0) is 27.9 Å². The fourth-order valence-corrected chi connectivity index (χ4v) is 2.63. The largest absolute Gasteiger partial charge is 0.756 e. The maximum atomic E-state index is 11.6. The van der Waals surface area contributed by atoms with E-state index in [9.17, 15) is 19.4 Å². The van der Waals surface area contributed by atoms with Gasteiger partial charge in [-0.3, -0.25) is 9.36 Å². The molecule has 0 aliphatic rings. The first kappa shape index (κ1) is 25.4. The average Bonchev–Trinajstić information content (AvgIpc) is 2.57. The first-order valence-corrected chi connectivity index (χ1v) is 10.2. The number of hydrogen-bond acceptors (Lipinski definition) is 9. The van der Waals surface area contributed by atoms with E-state index in [1.54, 1.807) is 0 Å². The van der Waals surface area contributed by atoms with Crippen LogP contribution in [0.25, 0.3) is 0 Å². The molecule has 0 bridgehead atoms. The minimum atomic E-state index is -4.49. The van der Waals surface area contributed by atoms with Crippen molar-refractivity contribution < 1.29 is 37.9 Å². The van der Waals surface area contributed by atoms with Gasteiger partial charge in [-0.15, -0.1) is 0 Å². The van der Waals surface area contributed by atoms with Crippen molar-refractivity contribution in [2.75, 3.05) is 39.5 Å². The Morgan fingerprint density at radius 3 is 2.62 bits per heavy atom. The monoisotopic (exact) mass is 399 g/mol. The van der Waals surface area contributed by atoms with Gasteiger partial charge in [0.15, 0.2) is 6.29 Å². The van der Waals surface area contributed by atoms with Crippen LogP contribution >= 0.6 is 7.82 Å². The molecule has 0 rings (SSSR count). The molecule has 3 atom stereocenters. The molecule has 26 heavy (non-hydrogen) atoms. The van der Waals surface area contributed by atoms with Crippen LogP contribution in [0.4, 0.5) is 0 Å². The van der Waals surface area contributed by atoms with Crippen LogP contribution < -0.4 is 15.9 Å². The number of aliphatic hydroxyl groups excluding tert-OH is 1. The van der Waals surface area contributed by atoms with Gasteiger partial charge in [0.2, 0.25) is 5.91 Å². The normalized spacial score (nSPS) is 16.0. The highest BCUT2D eigenvalue weighted by Gasteiger charge is 2.19. The number of rotatable bonds is 17. The summed E-state index contributed by atoms with van der Waals surface area (Å²) in [6, 6.07) is 0. The number of aliphatic hydroxyl groups is 1. The Balaban J connectivity index is 4.37. The number of ether oxygens (including phenoxy) is 2. The number of phosphoric acid groups is 1. The molecule has 0 aromatic heterocycles. The standard InChI is InChI=1S/C15H33N2O8P/c1-3-4-5-6-15(19)25-14(11-22-10-8-17-13(2)18)12-24-26(20,21)23-9-7-16/h14-15,19H,3-12,16H2,1-2H3,(H,17,18)(H,20,21)/p-1. The van der Waals surface area contributed by atoms with Gasteiger partial charge in [0.25, 0.3) is 7.82 Å². The van der Waals surface area contributed by atoms with E-state index in [-0.39, 0.29) is 38.9 Å². The van der Waals surface area contributed by atoms with Gasteiger partial charge in [-0.05, 0) is 12.8 Å². The van der Waals surface area contributed by atoms with Crippen molar-refractivity contribution in [3.8, 4) is 0 Å². The van der Waals surface area contributed by atoms with Crippen molar-refractivity contribution in [2.24, 2.45) is 5.73 Å². The summed E-state index contributed by atoms with van der Waals surface area (Å²) in [6.45, 7) is 3.43. The van der Waals surface area contributed by atoms with Crippen molar-refractivity contribution >= 4 is 13.7 Å². The van der Waals surface area contributed by atoms with Crippen molar-refractivity contribution in [3.05, 3.63) is 0 Å². The highest BCUT2D eigenvalue weighted by Crippen LogP contribution is 2.38. The molecule has 0 heterocycles. The van der Waals surface area contributed by atoms with Crippen molar-refractivity contribution in [1.82, 2.24) is 5.32 Å². The molecule has 0 aliphatic heterocycles. The molecule has 0 aliphatic carbocycles. The minimum Gasteiger partial charge on any atom is -0.756 e. The van der Waals surface area contributed by atoms with Gasteiger partial charge in [0.1, 0.15) is 6.10 Å². The maximum absolute atomic E-state index is 11.6. The Bertz CT molecular complexity index is 413. The van der Waals surface area contributed by atoms with Gasteiger partial charge in [-0.2, -0.15) is 0 Å². The lowest BCUT2D eigenvalue weighted by Crippen LogP contribution is -2.33. The SMILES string of the molecule is CCCCCC(O)OC(COCCNC(C)=O)COP(=O)([O-])OCCN. The van der Waals surface area contributed by atoms with Gasteiger partial charge in [-0.25, -0.2) is 0 Å². The lowest BCUT2D eigenvalue weighted by atomic mass is 10.2. The first-order valence-electron chi connectivity index (χ1n) is 8.76. The number of nitrogens with one attached hydrogen (secondary N) is 1. The summed E-state index contributed by atoms with van der Waals surface area (Å²) >= 11 is 0. The molecule has 4 N–H and O–H groups in total. The first-order chi connectivity index (χ1) is 12.3. The van der Waals surface area contributed by atoms with Crippen LogP contribution in [0, 0.1) is 0 Å². The molecule has 0 saturated heterocycles. The third kappa shape index (κ3) is 15.7. The molecule has 0 saturated carbocycles. The number of carbonyl (C=O) groups is 1. The summed E-state index contributed by atoms with van der Waals surface area (Å²) in [4.78, 5) is 22.3. The second-order valence-corrected chi connectivity index (χ2v) is 7.04. The smallest absolute Gasteiger partial charge is 0.268 e. The fraction of sp³-hybridized carbons (Fsp3) is 0.933. The average molecular weight is 399 g/mol. The third-order valence-electron chi connectivity index (χ3n) is 3.11. The van der Waals surface area contributed by atoms with E-state index in [1.807, 2.05) is 6.92 Å². The molecule has 10 nitrogen and oxygen atoms in total. The van der Waals surface area contributed by atoms with E-state index in [0.29, 0.717) is 13.0 Å². The molecule has 0 aromatic rings. The van der Waals surface area contributed by atoms with Crippen LogP contribution in [0.1, 0.15) is 39.5 Å². The number of unbranched alkanes of at least 4 members (excludes halogenated alkanes) is 2. The molecular formula is C15H32N2O8P-. The number of amides is 1. The number of nitrogens with two attached hydrogens (primary N) is 1.